The molecule has 0 bridgehead atoms. The molecule has 0 aliphatic carbocycles. The molecule has 0 saturated heterocycles. The molecule has 7 nitrogen and oxygen atoms in total. The van der Waals surface area contributed by atoms with Gasteiger partial charge in [-0.2, -0.15) is 5.10 Å². The zero-order valence-electron chi connectivity index (χ0n) is 15.4. The summed E-state index contributed by atoms with van der Waals surface area (Å²) in [4.78, 5) is 24.5. The average Bonchev–Trinajstić information content (AvgIpc) is 3.13. The lowest BCUT2D eigenvalue weighted by Crippen LogP contribution is -2.20. The van der Waals surface area contributed by atoms with Crippen LogP contribution in [-0.4, -0.2) is 26.9 Å². The number of amides is 1. The van der Waals surface area contributed by atoms with E-state index in [1.54, 1.807) is 23.1 Å². The van der Waals surface area contributed by atoms with Crippen molar-refractivity contribution in [2.24, 2.45) is 0 Å². The van der Waals surface area contributed by atoms with Crippen molar-refractivity contribution in [2.45, 2.75) is 26.8 Å². The van der Waals surface area contributed by atoms with E-state index in [4.69, 9.17) is 4.74 Å². The molecule has 0 saturated carbocycles. The number of rotatable bonds is 7. The van der Waals surface area contributed by atoms with E-state index in [-0.39, 0.29) is 11.3 Å². The van der Waals surface area contributed by atoms with Gasteiger partial charge < -0.3 is 14.6 Å². The molecule has 0 atom stereocenters. The lowest BCUT2D eigenvalue weighted by atomic mass is 10.3. The number of hydrogen-bond acceptors (Lipinski definition) is 4. The molecule has 0 spiro atoms. The zero-order valence-corrected chi connectivity index (χ0v) is 15.4. The molecule has 140 valence electrons. The van der Waals surface area contributed by atoms with E-state index in [0.717, 1.165) is 12.1 Å². The normalized spacial score (nSPS) is 10.6. The second-order valence-corrected chi connectivity index (χ2v) is 5.97. The topological polar surface area (TPSA) is 78.2 Å². The first-order chi connectivity index (χ1) is 13.1. The molecule has 2 heterocycles. The second-order valence-electron chi connectivity index (χ2n) is 5.97. The first-order valence-corrected chi connectivity index (χ1v) is 8.92. The number of nitrogens with zero attached hydrogens (tertiary/aromatic N) is 3. The molecule has 3 aromatic rings. The van der Waals surface area contributed by atoms with Crippen molar-refractivity contribution in [3.8, 4) is 11.4 Å². The van der Waals surface area contributed by atoms with Gasteiger partial charge in [-0.1, -0.05) is 25.1 Å². The Kier molecular flexibility index (Phi) is 5.71. The monoisotopic (exact) mass is 366 g/mol. The largest absolute Gasteiger partial charge is 0.489 e. The summed E-state index contributed by atoms with van der Waals surface area (Å²) in [6, 6.07) is 12.5. The first kappa shape index (κ1) is 18.4. The van der Waals surface area contributed by atoms with E-state index in [2.05, 4.69) is 10.4 Å². The molecule has 0 radical (unpaired) electrons. The Labute approximate surface area is 157 Å². The minimum atomic E-state index is -0.392. The summed E-state index contributed by atoms with van der Waals surface area (Å²) < 4.78 is 8.85. The van der Waals surface area contributed by atoms with Crippen LogP contribution in [0.3, 0.4) is 0 Å². The van der Waals surface area contributed by atoms with Crippen LogP contribution in [0.1, 0.15) is 30.8 Å². The number of pyridine rings is 1. The Hall–Kier alpha value is -3.35. The highest BCUT2D eigenvalue weighted by Crippen LogP contribution is 2.21. The van der Waals surface area contributed by atoms with Crippen LogP contribution in [0.2, 0.25) is 0 Å². The van der Waals surface area contributed by atoms with Gasteiger partial charge in [0.1, 0.15) is 0 Å². The molecule has 1 aromatic carbocycles. The fourth-order valence-electron chi connectivity index (χ4n) is 2.59. The van der Waals surface area contributed by atoms with E-state index in [9.17, 15) is 9.59 Å². The number of carbonyl (C=O) groups is 1. The Morgan fingerprint density at radius 1 is 1.11 bits per heavy atom. The van der Waals surface area contributed by atoms with Crippen molar-refractivity contribution >= 4 is 11.6 Å². The number of para-hydroxylation sites is 1. The summed E-state index contributed by atoms with van der Waals surface area (Å²) in [6.45, 7) is 4.87. The average molecular weight is 366 g/mol. The van der Waals surface area contributed by atoms with E-state index in [1.807, 2.05) is 44.2 Å². The van der Waals surface area contributed by atoms with Crippen LogP contribution in [-0.2, 0) is 6.54 Å². The Morgan fingerprint density at radius 3 is 2.59 bits per heavy atom. The molecule has 27 heavy (non-hydrogen) atoms. The SMILES string of the molecule is CCCOc1cn(-c2ccccc2)nc1C(=O)Nc1ccc(=O)n(CC)c1. The molecule has 0 fully saturated rings. The summed E-state index contributed by atoms with van der Waals surface area (Å²) in [6.07, 6.45) is 4.13. The summed E-state index contributed by atoms with van der Waals surface area (Å²) in [5, 5.41) is 7.19. The van der Waals surface area contributed by atoms with Crippen LogP contribution < -0.4 is 15.6 Å². The first-order valence-electron chi connectivity index (χ1n) is 8.92. The fourth-order valence-corrected chi connectivity index (χ4v) is 2.59. The lowest BCUT2D eigenvalue weighted by Gasteiger charge is -2.08. The van der Waals surface area contributed by atoms with Crippen LogP contribution in [0.15, 0.2) is 59.7 Å². The summed E-state index contributed by atoms with van der Waals surface area (Å²) in [5.41, 5.74) is 1.44. The number of ether oxygens (including phenoxy) is 1. The molecule has 2 aromatic heterocycles. The smallest absolute Gasteiger partial charge is 0.280 e. The van der Waals surface area contributed by atoms with Gasteiger partial charge >= 0.3 is 0 Å². The van der Waals surface area contributed by atoms with Gasteiger partial charge in [-0.3, -0.25) is 9.59 Å². The van der Waals surface area contributed by atoms with Gasteiger partial charge in [0.2, 0.25) is 0 Å². The number of aryl methyl sites for hydroxylation is 1. The van der Waals surface area contributed by atoms with Gasteiger partial charge in [-0.25, -0.2) is 4.68 Å². The van der Waals surface area contributed by atoms with Crippen molar-refractivity contribution in [2.75, 3.05) is 11.9 Å². The van der Waals surface area contributed by atoms with Crippen LogP contribution >= 0.6 is 0 Å². The third kappa shape index (κ3) is 4.25. The van der Waals surface area contributed by atoms with Gasteiger partial charge in [-0.15, -0.1) is 0 Å². The highest BCUT2D eigenvalue weighted by Gasteiger charge is 2.19. The number of anilines is 1. The molecular formula is C20H22N4O3. The minimum Gasteiger partial charge on any atom is -0.489 e. The molecule has 0 unspecified atom stereocenters. The standard InChI is InChI=1S/C20H22N4O3/c1-3-12-27-17-14-24(16-8-6-5-7-9-16)22-19(17)20(26)21-15-10-11-18(25)23(4-2)13-15/h5-11,13-14H,3-4,12H2,1-2H3,(H,21,26). The lowest BCUT2D eigenvalue weighted by molar-refractivity contribution is 0.101. The summed E-state index contributed by atoms with van der Waals surface area (Å²) in [7, 11) is 0. The van der Waals surface area contributed by atoms with Crippen LogP contribution in [0, 0.1) is 0 Å². The van der Waals surface area contributed by atoms with Gasteiger partial charge in [0, 0.05) is 18.8 Å². The number of carbonyl (C=O) groups excluding carboxylic acids is 1. The Balaban J connectivity index is 1.90. The Bertz CT molecular complexity index is 976. The van der Waals surface area contributed by atoms with Crippen molar-refractivity contribution in [1.82, 2.24) is 14.3 Å². The van der Waals surface area contributed by atoms with Crippen LogP contribution in [0.5, 0.6) is 5.75 Å². The predicted molar refractivity (Wildman–Crippen MR) is 104 cm³/mol. The van der Waals surface area contributed by atoms with Crippen molar-refractivity contribution in [3.05, 3.63) is 70.9 Å². The van der Waals surface area contributed by atoms with Gasteiger partial charge in [-0.05, 0) is 31.5 Å². The molecular weight excluding hydrogens is 344 g/mol. The van der Waals surface area contributed by atoms with Gasteiger partial charge in [0.15, 0.2) is 11.4 Å². The molecule has 0 aliphatic heterocycles. The Morgan fingerprint density at radius 2 is 1.89 bits per heavy atom. The van der Waals surface area contributed by atoms with Gasteiger partial charge in [0.05, 0.1) is 24.2 Å². The quantitative estimate of drug-likeness (QED) is 0.697. The molecule has 0 aliphatic rings. The van der Waals surface area contributed by atoms with Crippen LogP contribution in [0.4, 0.5) is 5.69 Å². The minimum absolute atomic E-state index is 0.115. The third-order valence-corrected chi connectivity index (χ3v) is 3.96. The molecule has 3 rings (SSSR count). The highest BCUT2D eigenvalue weighted by molar-refractivity contribution is 6.04. The maximum Gasteiger partial charge on any atom is 0.280 e. The summed E-state index contributed by atoms with van der Waals surface area (Å²) in [5.74, 6) is 0.0269. The predicted octanol–water partition coefficient (Wildman–Crippen LogP) is 3.10. The number of hydrogen-bond donors (Lipinski definition) is 1. The number of aromatic nitrogens is 3. The molecule has 1 N–H and O–H groups in total. The van der Waals surface area contributed by atoms with E-state index in [0.29, 0.717) is 24.6 Å². The number of nitrogens with one attached hydrogen (secondary N) is 1. The van der Waals surface area contributed by atoms with Crippen molar-refractivity contribution in [1.29, 1.82) is 0 Å². The van der Waals surface area contributed by atoms with Crippen molar-refractivity contribution < 1.29 is 9.53 Å². The highest BCUT2D eigenvalue weighted by atomic mass is 16.5. The number of benzene rings is 1. The van der Waals surface area contributed by atoms with Crippen LogP contribution in [0.25, 0.3) is 5.69 Å². The maximum atomic E-state index is 12.8. The fraction of sp³-hybridized carbons (Fsp3) is 0.250. The summed E-state index contributed by atoms with van der Waals surface area (Å²) >= 11 is 0. The second kappa shape index (κ2) is 8.35. The zero-order chi connectivity index (χ0) is 19.2. The van der Waals surface area contributed by atoms with E-state index >= 15 is 0 Å². The molecule has 1 amide bonds. The molecule has 7 heteroatoms. The van der Waals surface area contributed by atoms with E-state index in [1.165, 1.54) is 10.6 Å². The third-order valence-electron chi connectivity index (χ3n) is 3.96. The van der Waals surface area contributed by atoms with Gasteiger partial charge in [0.25, 0.3) is 11.5 Å². The maximum absolute atomic E-state index is 12.8. The van der Waals surface area contributed by atoms with Crippen molar-refractivity contribution in [3.63, 3.8) is 0 Å². The van der Waals surface area contributed by atoms with E-state index < -0.39 is 5.91 Å².